The van der Waals surface area contributed by atoms with Crippen LogP contribution < -0.4 is 4.72 Å². The van der Waals surface area contributed by atoms with Crippen molar-refractivity contribution < 1.29 is 27.5 Å². The van der Waals surface area contributed by atoms with E-state index in [0.29, 0.717) is 31.9 Å². The van der Waals surface area contributed by atoms with Crippen molar-refractivity contribution in [2.45, 2.75) is 30.9 Å². The molecule has 0 saturated carbocycles. The van der Waals surface area contributed by atoms with Gasteiger partial charge in [0.15, 0.2) is 0 Å². The first-order valence-corrected chi connectivity index (χ1v) is 12.0. The Bertz CT molecular complexity index is 1010. The van der Waals surface area contributed by atoms with Crippen LogP contribution in [0.2, 0.25) is 0 Å². The van der Waals surface area contributed by atoms with Gasteiger partial charge in [0.2, 0.25) is 16.1 Å². The highest BCUT2D eigenvalue weighted by atomic mass is 32.2. The molecule has 32 heavy (non-hydrogen) atoms. The van der Waals surface area contributed by atoms with Gasteiger partial charge in [-0.1, -0.05) is 62.4 Å². The summed E-state index contributed by atoms with van der Waals surface area (Å²) in [4.78, 5) is 27.9. The van der Waals surface area contributed by atoms with Crippen molar-refractivity contribution in [3.63, 3.8) is 0 Å². The Morgan fingerprint density at radius 2 is 1.53 bits per heavy atom. The molecule has 172 valence electrons. The Kier molecular flexibility index (Phi) is 8.00. The third-order valence-electron chi connectivity index (χ3n) is 5.14. The highest BCUT2D eigenvalue weighted by molar-refractivity contribution is 7.89. The van der Waals surface area contributed by atoms with Crippen molar-refractivity contribution in [2.24, 2.45) is 5.92 Å². The van der Waals surface area contributed by atoms with Crippen LogP contribution in [0.3, 0.4) is 0 Å². The molecule has 1 amide bonds. The van der Waals surface area contributed by atoms with E-state index in [1.165, 1.54) is 12.1 Å². The summed E-state index contributed by atoms with van der Waals surface area (Å²) in [6.07, 6.45) is -1.18. The van der Waals surface area contributed by atoms with Gasteiger partial charge in [-0.15, -0.1) is 0 Å². The maximum absolute atomic E-state index is 13.2. The monoisotopic (exact) mass is 460 g/mol. The first kappa shape index (κ1) is 23.9. The average molecular weight is 461 g/mol. The summed E-state index contributed by atoms with van der Waals surface area (Å²) in [6.45, 7) is 5.03. The molecule has 2 aromatic rings. The van der Waals surface area contributed by atoms with E-state index in [0.717, 1.165) is 0 Å². The molecule has 9 heteroatoms. The molecule has 1 aliphatic rings. The van der Waals surface area contributed by atoms with Crippen LogP contribution in [-0.4, -0.2) is 57.5 Å². The van der Waals surface area contributed by atoms with Crippen molar-refractivity contribution in [3.8, 4) is 0 Å². The summed E-state index contributed by atoms with van der Waals surface area (Å²) in [6, 6.07) is 15.3. The molecule has 3 rings (SSSR count). The van der Waals surface area contributed by atoms with E-state index in [-0.39, 0.29) is 10.8 Å². The summed E-state index contributed by atoms with van der Waals surface area (Å²) in [5, 5.41) is 0. The fourth-order valence-corrected chi connectivity index (χ4v) is 4.67. The summed E-state index contributed by atoms with van der Waals surface area (Å²) in [7, 11) is -3.95. The third kappa shape index (κ3) is 5.93. The summed E-state index contributed by atoms with van der Waals surface area (Å²) in [5.74, 6) is -1.58. The van der Waals surface area contributed by atoms with Crippen LogP contribution in [0.5, 0.6) is 0 Å². The van der Waals surface area contributed by atoms with E-state index in [1.807, 2.05) is 0 Å². The van der Waals surface area contributed by atoms with Gasteiger partial charge in [-0.2, -0.15) is 4.72 Å². The average Bonchev–Trinajstić information content (AvgIpc) is 2.82. The SMILES string of the molecule is CC(C)[C@H](NS(=O)(=O)c1ccccc1)C(=O)O[C@@H](C(=O)N1CCOCC1)c1ccccc1. The zero-order valence-corrected chi connectivity index (χ0v) is 19.0. The van der Waals surface area contributed by atoms with Crippen molar-refractivity contribution in [1.82, 2.24) is 9.62 Å². The van der Waals surface area contributed by atoms with Gasteiger partial charge in [0.25, 0.3) is 5.91 Å². The van der Waals surface area contributed by atoms with Gasteiger partial charge in [0.05, 0.1) is 18.1 Å². The molecule has 1 saturated heterocycles. The lowest BCUT2D eigenvalue weighted by molar-refractivity contribution is -0.164. The van der Waals surface area contributed by atoms with Crippen LogP contribution in [0, 0.1) is 5.92 Å². The number of nitrogens with zero attached hydrogens (tertiary/aromatic N) is 1. The molecule has 0 radical (unpaired) electrons. The van der Waals surface area contributed by atoms with Gasteiger partial charge >= 0.3 is 5.97 Å². The Morgan fingerprint density at radius 1 is 0.969 bits per heavy atom. The fraction of sp³-hybridized carbons (Fsp3) is 0.391. The number of morpholine rings is 1. The second-order valence-electron chi connectivity index (χ2n) is 7.82. The lowest BCUT2D eigenvalue weighted by atomic mass is 10.0. The molecule has 8 nitrogen and oxygen atoms in total. The molecule has 2 aromatic carbocycles. The number of hydrogen-bond donors (Lipinski definition) is 1. The van der Waals surface area contributed by atoms with Crippen LogP contribution in [0.1, 0.15) is 25.5 Å². The number of rotatable bonds is 8. The molecule has 1 aliphatic heterocycles. The molecule has 2 atom stereocenters. The topological polar surface area (TPSA) is 102 Å². The second kappa shape index (κ2) is 10.7. The molecular formula is C23H28N2O6S. The third-order valence-corrected chi connectivity index (χ3v) is 6.60. The molecule has 0 spiro atoms. The lowest BCUT2D eigenvalue weighted by Crippen LogP contribution is -2.48. The number of sulfonamides is 1. The van der Waals surface area contributed by atoms with Crippen LogP contribution >= 0.6 is 0 Å². The highest BCUT2D eigenvalue weighted by Gasteiger charge is 2.35. The number of hydrogen-bond acceptors (Lipinski definition) is 6. The molecular weight excluding hydrogens is 432 g/mol. The van der Waals surface area contributed by atoms with Gasteiger partial charge in [-0.05, 0) is 18.1 Å². The minimum Gasteiger partial charge on any atom is -0.446 e. The Labute approximate surface area is 188 Å². The first-order valence-electron chi connectivity index (χ1n) is 10.5. The number of benzene rings is 2. The molecule has 0 bridgehead atoms. The Balaban J connectivity index is 1.83. The van der Waals surface area contributed by atoms with Crippen LogP contribution in [-0.2, 0) is 29.1 Å². The number of ether oxygens (including phenoxy) is 2. The second-order valence-corrected chi connectivity index (χ2v) is 9.54. The van der Waals surface area contributed by atoms with Gasteiger partial charge in [-0.3, -0.25) is 9.59 Å². The zero-order chi connectivity index (χ0) is 23.1. The highest BCUT2D eigenvalue weighted by Crippen LogP contribution is 2.23. The number of carbonyl (C=O) groups is 2. The smallest absolute Gasteiger partial charge is 0.325 e. The summed E-state index contributed by atoms with van der Waals surface area (Å²) >= 11 is 0. The Hall–Kier alpha value is -2.75. The lowest BCUT2D eigenvalue weighted by Gasteiger charge is -2.31. The van der Waals surface area contributed by atoms with Gasteiger partial charge in [-0.25, -0.2) is 8.42 Å². The van der Waals surface area contributed by atoms with E-state index in [2.05, 4.69) is 4.72 Å². The van der Waals surface area contributed by atoms with E-state index in [9.17, 15) is 18.0 Å². The van der Waals surface area contributed by atoms with Crippen molar-refractivity contribution >= 4 is 21.9 Å². The van der Waals surface area contributed by atoms with Gasteiger partial charge in [0.1, 0.15) is 6.04 Å². The number of esters is 1. The number of carbonyl (C=O) groups excluding carboxylic acids is 2. The van der Waals surface area contributed by atoms with Crippen LogP contribution in [0.25, 0.3) is 0 Å². The standard InChI is InChI=1S/C23H28N2O6S/c1-17(2)20(24-32(28,29)19-11-7-4-8-12-19)23(27)31-21(18-9-5-3-6-10-18)22(26)25-13-15-30-16-14-25/h3-12,17,20-21,24H,13-16H2,1-2H3/t20-,21+/m0/s1. The molecule has 1 N–H and O–H groups in total. The summed E-state index contributed by atoms with van der Waals surface area (Å²) in [5.41, 5.74) is 0.519. The van der Waals surface area contributed by atoms with Crippen molar-refractivity contribution in [2.75, 3.05) is 26.3 Å². The molecule has 0 aromatic heterocycles. The number of nitrogens with one attached hydrogen (secondary N) is 1. The zero-order valence-electron chi connectivity index (χ0n) is 18.1. The maximum Gasteiger partial charge on any atom is 0.325 e. The van der Waals surface area contributed by atoms with E-state index < -0.39 is 34.1 Å². The van der Waals surface area contributed by atoms with Crippen LogP contribution in [0.15, 0.2) is 65.6 Å². The first-order chi connectivity index (χ1) is 15.3. The molecule has 1 fully saturated rings. The maximum atomic E-state index is 13.2. The predicted octanol–water partition coefficient (Wildman–Crippen LogP) is 2.13. The quantitative estimate of drug-likeness (QED) is 0.606. The Morgan fingerprint density at radius 3 is 2.09 bits per heavy atom. The normalized spacial score (nSPS) is 16.4. The van der Waals surface area contributed by atoms with E-state index in [4.69, 9.17) is 9.47 Å². The van der Waals surface area contributed by atoms with E-state index in [1.54, 1.807) is 67.3 Å². The van der Waals surface area contributed by atoms with Crippen molar-refractivity contribution in [3.05, 3.63) is 66.2 Å². The molecule has 0 unspecified atom stereocenters. The largest absolute Gasteiger partial charge is 0.446 e. The van der Waals surface area contributed by atoms with Crippen molar-refractivity contribution in [1.29, 1.82) is 0 Å². The minimum absolute atomic E-state index is 0.0439. The van der Waals surface area contributed by atoms with E-state index >= 15 is 0 Å². The van der Waals surface area contributed by atoms with Gasteiger partial charge < -0.3 is 14.4 Å². The minimum atomic E-state index is -3.95. The molecule has 1 heterocycles. The molecule has 0 aliphatic carbocycles. The van der Waals surface area contributed by atoms with Crippen LogP contribution in [0.4, 0.5) is 0 Å². The predicted molar refractivity (Wildman–Crippen MR) is 118 cm³/mol. The number of amides is 1. The fourth-order valence-electron chi connectivity index (χ4n) is 3.32. The summed E-state index contributed by atoms with van der Waals surface area (Å²) < 4.78 is 39.0. The van der Waals surface area contributed by atoms with Gasteiger partial charge in [0, 0.05) is 18.7 Å².